The molecule has 1 fully saturated rings. The Balaban J connectivity index is 1.90. The Morgan fingerprint density at radius 3 is 2.56 bits per heavy atom. The topological polar surface area (TPSA) is 59.5 Å². The number of pyridine rings is 1. The fraction of sp³-hybridized carbons (Fsp3) is 0.273. The monoisotopic (exact) mass is 360 g/mol. The molecule has 2 aromatic rings. The van der Waals surface area contributed by atoms with Gasteiger partial charge in [-0.05, 0) is 55.5 Å². The number of fused-ring (bicyclic) bond motifs is 1. The molecule has 2 heterocycles. The van der Waals surface area contributed by atoms with E-state index >= 15 is 0 Å². The van der Waals surface area contributed by atoms with Crippen molar-refractivity contribution in [2.45, 2.75) is 32.7 Å². The molecule has 5 nitrogen and oxygen atoms in total. The first-order valence-corrected chi connectivity index (χ1v) is 9.12. The summed E-state index contributed by atoms with van der Waals surface area (Å²) in [5, 5.41) is 0. The summed E-state index contributed by atoms with van der Waals surface area (Å²) in [5.74, 6) is 1.49. The zero-order chi connectivity index (χ0) is 19.0. The molecular formula is C22H20N2O3. The second kappa shape index (κ2) is 6.86. The fourth-order valence-corrected chi connectivity index (χ4v) is 3.61. The van der Waals surface area contributed by atoms with Gasteiger partial charge in [-0.2, -0.15) is 0 Å². The molecule has 1 aliphatic carbocycles. The van der Waals surface area contributed by atoms with Crippen LogP contribution in [0.25, 0.3) is 16.7 Å². The van der Waals surface area contributed by atoms with Gasteiger partial charge in [0.25, 0.3) is 0 Å². The third kappa shape index (κ3) is 2.96. The van der Waals surface area contributed by atoms with E-state index in [0.29, 0.717) is 6.04 Å². The van der Waals surface area contributed by atoms with Gasteiger partial charge in [-0.15, -0.1) is 0 Å². The number of aromatic nitrogens is 1. The molecule has 136 valence electrons. The third-order valence-electron chi connectivity index (χ3n) is 5.03. The number of rotatable bonds is 4. The average Bonchev–Trinajstić information content (AvgIpc) is 3.53. The van der Waals surface area contributed by atoms with Crippen LogP contribution in [-0.2, 0) is 14.3 Å². The normalized spacial score (nSPS) is 15.7. The van der Waals surface area contributed by atoms with E-state index in [1.54, 1.807) is 25.5 Å². The highest BCUT2D eigenvalue weighted by Crippen LogP contribution is 2.46. The van der Waals surface area contributed by atoms with Crippen LogP contribution in [0.4, 0.5) is 5.69 Å². The minimum absolute atomic E-state index is 0.263. The molecular weight excluding hydrogens is 340 g/mol. The van der Waals surface area contributed by atoms with E-state index in [4.69, 9.17) is 4.74 Å². The van der Waals surface area contributed by atoms with Gasteiger partial charge in [0.15, 0.2) is 0 Å². The number of carbonyl (C=O) groups is 1. The number of hydrogen-bond donors (Lipinski definition) is 0. The Hall–Kier alpha value is -3.17. The molecule has 1 saturated carbocycles. The molecule has 1 aromatic carbocycles. The second-order valence-corrected chi connectivity index (χ2v) is 6.75. The van der Waals surface area contributed by atoms with E-state index < -0.39 is 5.97 Å². The number of nitrogens with zero attached hydrogens (tertiary/aromatic N) is 2. The number of benzene rings is 1. The molecule has 2 aliphatic rings. The van der Waals surface area contributed by atoms with Crippen LogP contribution in [0.5, 0.6) is 0 Å². The van der Waals surface area contributed by atoms with Crippen molar-refractivity contribution in [3.63, 3.8) is 0 Å². The van der Waals surface area contributed by atoms with Crippen molar-refractivity contribution in [1.82, 2.24) is 4.98 Å². The second-order valence-electron chi connectivity index (χ2n) is 6.75. The number of hydrogen-bond acceptors (Lipinski definition) is 5. The van der Waals surface area contributed by atoms with E-state index in [1.807, 2.05) is 30.2 Å². The van der Waals surface area contributed by atoms with Gasteiger partial charge in [0.05, 0.1) is 23.4 Å². The van der Waals surface area contributed by atoms with Gasteiger partial charge in [0, 0.05) is 30.2 Å². The number of esters is 1. The largest absolute Gasteiger partial charge is 0.462 e. The number of carbonyl (C=O) groups excluding carboxylic acids is 2. The van der Waals surface area contributed by atoms with Crippen molar-refractivity contribution in [1.29, 1.82) is 0 Å². The highest BCUT2D eigenvalue weighted by atomic mass is 16.5. The third-order valence-corrected chi connectivity index (χ3v) is 5.03. The summed E-state index contributed by atoms with van der Waals surface area (Å²) >= 11 is 0. The molecule has 0 bridgehead atoms. The Labute approximate surface area is 158 Å². The van der Waals surface area contributed by atoms with E-state index in [0.717, 1.165) is 40.8 Å². The standard InChI is InChI=1S/C22H20N2O3/c1-3-27-22(26)19-12-24(16-4-5-16)21-14(2)17(15-8-10-23-11-9-15)6-7-18(21)20(19)13-25/h6-12,16H,3-5H2,1-2H3. The van der Waals surface area contributed by atoms with Gasteiger partial charge in [0.1, 0.15) is 5.94 Å². The molecule has 5 heteroatoms. The van der Waals surface area contributed by atoms with Crippen molar-refractivity contribution in [3.8, 4) is 11.1 Å². The molecule has 0 atom stereocenters. The number of ether oxygens (including phenoxy) is 1. The number of anilines is 1. The lowest BCUT2D eigenvalue weighted by Crippen LogP contribution is -2.28. The highest BCUT2D eigenvalue weighted by molar-refractivity contribution is 6.17. The molecule has 0 spiro atoms. The minimum Gasteiger partial charge on any atom is -0.462 e. The quantitative estimate of drug-likeness (QED) is 0.615. The van der Waals surface area contributed by atoms with Crippen LogP contribution < -0.4 is 4.90 Å². The van der Waals surface area contributed by atoms with Crippen LogP contribution in [0.2, 0.25) is 0 Å². The Morgan fingerprint density at radius 2 is 1.93 bits per heavy atom. The molecule has 0 radical (unpaired) electrons. The summed E-state index contributed by atoms with van der Waals surface area (Å²) in [6, 6.07) is 8.16. The summed E-state index contributed by atoms with van der Waals surface area (Å²) in [6.07, 6.45) is 7.42. The van der Waals surface area contributed by atoms with E-state index in [2.05, 4.69) is 16.8 Å². The maximum Gasteiger partial charge on any atom is 0.341 e. The molecule has 1 aromatic heterocycles. The zero-order valence-corrected chi connectivity index (χ0v) is 15.4. The van der Waals surface area contributed by atoms with Crippen LogP contribution in [-0.4, -0.2) is 29.5 Å². The van der Waals surface area contributed by atoms with Gasteiger partial charge in [-0.1, -0.05) is 12.1 Å². The summed E-state index contributed by atoms with van der Waals surface area (Å²) in [7, 11) is 0. The highest BCUT2D eigenvalue weighted by Gasteiger charge is 2.37. The lowest BCUT2D eigenvalue weighted by Gasteiger charge is -2.31. The van der Waals surface area contributed by atoms with Gasteiger partial charge < -0.3 is 9.64 Å². The Kier molecular flexibility index (Phi) is 4.38. The molecule has 27 heavy (non-hydrogen) atoms. The minimum atomic E-state index is -0.483. The summed E-state index contributed by atoms with van der Waals surface area (Å²) in [6.45, 7) is 4.07. The van der Waals surface area contributed by atoms with Crippen molar-refractivity contribution in [2.75, 3.05) is 11.5 Å². The smallest absolute Gasteiger partial charge is 0.341 e. The van der Waals surface area contributed by atoms with Crippen molar-refractivity contribution < 1.29 is 14.3 Å². The molecule has 0 unspecified atom stereocenters. The molecule has 1 aliphatic heterocycles. The molecule has 0 N–H and O–H groups in total. The maximum atomic E-state index is 12.4. The zero-order valence-electron chi connectivity index (χ0n) is 15.4. The lowest BCUT2D eigenvalue weighted by molar-refractivity contribution is -0.138. The van der Waals surface area contributed by atoms with E-state index in [9.17, 15) is 9.59 Å². The predicted octanol–water partition coefficient (Wildman–Crippen LogP) is 3.70. The van der Waals surface area contributed by atoms with Crippen LogP contribution in [0.1, 0.15) is 30.9 Å². The van der Waals surface area contributed by atoms with Gasteiger partial charge >= 0.3 is 5.97 Å². The van der Waals surface area contributed by atoms with E-state index in [-0.39, 0.29) is 17.8 Å². The summed E-state index contributed by atoms with van der Waals surface area (Å²) in [5.41, 5.74) is 5.47. The van der Waals surface area contributed by atoms with Crippen LogP contribution in [0, 0.1) is 6.92 Å². The van der Waals surface area contributed by atoms with Crippen molar-refractivity contribution in [2.24, 2.45) is 0 Å². The van der Waals surface area contributed by atoms with Crippen LogP contribution >= 0.6 is 0 Å². The summed E-state index contributed by atoms with van der Waals surface area (Å²) in [4.78, 5) is 30.4. The Bertz CT molecular complexity index is 984. The van der Waals surface area contributed by atoms with Crippen LogP contribution in [0.15, 0.2) is 48.4 Å². The van der Waals surface area contributed by atoms with E-state index in [1.165, 1.54) is 0 Å². The van der Waals surface area contributed by atoms with Crippen molar-refractivity contribution >= 4 is 23.2 Å². The predicted molar refractivity (Wildman–Crippen MR) is 104 cm³/mol. The SMILES string of the molecule is CCOC(=O)C1=CN(C2CC2)c2c(ccc(-c3ccncc3)c2C)C1=C=O. The van der Waals surface area contributed by atoms with Gasteiger partial charge in [-0.3, -0.25) is 4.98 Å². The first-order chi connectivity index (χ1) is 13.2. The molecule has 0 saturated heterocycles. The molecule has 4 rings (SSSR count). The first-order valence-electron chi connectivity index (χ1n) is 9.12. The average molecular weight is 360 g/mol. The van der Waals surface area contributed by atoms with Gasteiger partial charge in [-0.25, -0.2) is 9.59 Å². The maximum absolute atomic E-state index is 12.4. The summed E-state index contributed by atoms with van der Waals surface area (Å²) < 4.78 is 5.16. The lowest BCUT2D eigenvalue weighted by atomic mass is 9.88. The fourth-order valence-electron chi connectivity index (χ4n) is 3.61. The Morgan fingerprint density at radius 1 is 1.22 bits per heavy atom. The van der Waals surface area contributed by atoms with Crippen molar-refractivity contribution in [3.05, 3.63) is 59.6 Å². The molecule has 0 amide bonds. The first kappa shape index (κ1) is 17.3. The van der Waals surface area contributed by atoms with Crippen LogP contribution in [0.3, 0.4) is 0 Å². The van der Waals surface area contributed by atoms with Gasteiger partial charge in [0.2, 0.25) is 0 Å².